The number of rotatable bonds is 10. The highest BCUT2D eigenvalue weighted by Gasteiger charge is 2.43. The number of amides is 3. The Balaban J connectivity index is 1.43. The van der Waals surface area contributed by atoms with Gasteiger partial charge in [-0.05, 0) is 53.6 Å². The lowest BCUT2D eigenvalue weighted by Gasteiger charge is -2.19. The van der Waals surface area contributed by atoms with Gasteiger partial charge in [-0.2, -0.15) is 13.2 Å². The number of nitrogens with one attached hydrogen (secondary N) is 3. The number of halogens is 9. The zero-order chi connectivity index (χ0) is 38.4. The van der Waals surface area contributed by atoms with Crippen molar-refractivity contribution in [2.24, 2.45) is 0 Å². The average molecular weight is 793 g/mol. The summed E-state index contributed by atoms with van der Waals surface area (Å²) in [5.74, 6) is -13.0. The van der Waals surface area contributed by atoms with Gasteiger partial charge in [0.05, 0.1) is 10.0 Å². The molecule has 0 fully saturated rings. The second-order valence-corrected chi connectivity index (χ2v) is 12.9. The number of carbonyl (C=O) groups is 3. The molecule has 0 spiro atoms. The number of alkyl halides is 3. The van der Waals surface area contributed by atoms with E-state index in [1.807, 2.05) is 0 Å². The minimum Gasteiger partial charge on any atom is -0.321 e. The van der Waals surface area contributed by atoms with Gasteiger partial charge in [0.15, 0.2) is 23.3 Å². The van der Waals surface area contributed by atoms with Crippen molar-refractivity contribution in [2.75, 3.05) is 10.6 Å². The zero-order valence-corrected chi connectivity index (χ0v) is 28.8. The van der Waals surface area contributed by atoms with Crippen LogP contribution >= 0.6 is 35.0 Å². The lowest BCUT2D eigenvalue weighted by Crippen LogP contribution is -2.30. The normalized spacial score (nSPS) is 12.2. The summed E-state index contributed by atoms with van der Waals surface area (Å²) in [7, 11) is 0. The van der Waals surface area contributed by atoms with Crippen molar-refractivity contribution in [1.29, 1.82) is 0 Å². The SMILES string of the molecule is O=C(Nc1cccc(SC(C(=O)Nc2c(F)c(F)c(C(F)(F)F)c(F)c2F)c2ccccc2)c1)/C(=C\c1cccc(Cl)c1Cl)NC(=O)c1ccccc1. The molecule has 0 aromatic heterocycles. The summed E-state index contributed by atoms with van der Waals surface area (Å²) in [6, 6.07) is 26.1. The molecule has 0 heterocycles. The van der Waals surface area contributed by atoms with Gasteiger partial charge in [-0.3, -0.25) is 14.4 Å². The first-order valence-electron chi connectivity index (χ1n) is 15.0. The van der Waals surface area contributed by atoms with Crippen LogP contribution in [0.3, 0.4) is 0 Å². The summed E-state index contributed by atoms with van der Waals surface area (Å²) >= 11 is 13.2. The number of carbonyl (C=O) groups excluding carboxylic acids is 3. The van der Waals surface area contributed by atoms with E-state index in [-0.39, 0.29) is 37.5 Å². The van der Waals surface area contributed by atoms with Gasteiger partial charge in [0.25, 0.3) is 11.8 Å². The van der Waals surface area contributed by atoms with Crippen LogP contribution in [0.4, 0.5) is 42.1 Å². The second-order valence-electron chi connectivity index (χ2n) is 10.9. The van der Waals surface area contributed by atoms with Crippen LogP contribution < -0.4 is 16.0 Å². The van der Waals surface area contributed by atoms with Gasteiger partial charge >= 0.3 is 6.18 Å². The van der Waals surface area contributed by atoms with E-state index < -0.39 is 63.7 Å². The van der Waals surface area contributed by atoms with E-state index in [9.17, 15) is 45.1 Å². The molecule has 272 valence electrons. The van der Waals surface area contributed by atoms with Crippen LogP contribution in [0.5, 0.6) is 0 Å². The molecule has 3 amide bonds. The van der Waals surface area contributed by atoms with Gasteiger partial charge < -0.3 is 16.0 Å². The quantitative estimate of drug-likeness (QED) is 0.0569. The van der Waals surface area contributed by atoms with Gasteiger partial charge in [0.1, 0.15) is 22.2 Å². The minimum absolute atomic E-state index is 0.110. The van der Waals surface area contributed by atoms with Gasteiger partial charge in [-0.1, -0.05) is 89.9 Å². The van der Waals surface area contributed by atoms with Crippen molar-refractivity contribution in [3.8, 4) is 0 Å². The molecule has 0 aliphatic rings. The van der Waals surface area contributed by atoms with Crippen LogP contribution in [0.2, 0.25) is 10.0 Å². The molecule has 0 aliphatic carbocycles. The van der Waals surface area contributed by atoms with E-state index in [4.69, 9.17) is 23.2 Å². The standard InChI is InChI=1S/C37H22Cl2F7N3O3S/c38-24-16-7-13-21(27(24)39)17-25(48-34(50)20-11-5-2-6-12-20)35(51)47-22-14-8-15-23(18-22)53-33(19-9-3-1-4-10-19)36(52)49-32-30(42)28(40)26(37(44,45)46)29(41)31(32)43/h1-18,33H,(H,47,51)(H,48,50)(H,49,52)/b25-17+. The predicted octanol–water partition coefficient (Wildman–Crippen LogP) is 10.5. The minimum atomic E-state index is -5.77. The molecular weight excluding hydrogens is 770 g/mol. The third-order valence-corrected chi connectivity index (χ3v) is 9.37. The van der Waals surface area contributed by atoms with Crippen LogP contribution in [-0.2, 0) is 15.8 Å². The van der Waals surface area contributed by atoms with Gasteiger partial charge in [0, 0.05) is 16.1 Å². The van der Waals surface area contributed by atoms with Crippen molar-refractivity contribution in [2.45, 2.75) is 16.3 Å². The van der Waals surface area contributed by atoms with E-state index in [0.717, 1.165) is 11.8 Å². The van der Waals surface area contributed by atoms with E-state index in [1.54, 1.807) is 41.7 Å². The molecule has 0 radical (unpaired) electrons. The summed E-state index contributed by atoms with van der Waals surface area (Å²) < 4.78 is 97.3. The first kappa shape index (κ1) is 38.9. The number of benzene rings is 5. The summed E-state index contributed by atoms with van der Waals surface area (Å²) in [4.78, 5) is 40.4. The van der Waals surface area contributed by atoms with Crippen LogP contribution in [0, 0.1) is 23.3 Å². The number of thioether (sulfide) groups is 1. The fourth-order valence-electron chi connectivity index (χ4n) is 4.79. The summed E-state index contributed by atoms with van der Waals surface area (Å²) in [5, 5.41) is 5.78. The molecule has 6 nitrogen and oxygen atoms in total. The molecule has 1 atom stereocenters. The van der Waals surface area contributed by atoms with Gasteiger partial charge in [0.2, 0.25) is 5.91 Å². The molecule has 0 saturated carbocycles. The topological polar surface area (TPSA) is 87.3 Å². The van der Waals surface area contributed by atoms with Crippen LogP contribution in [0.15, 0.2) is 114 Å². The zero-order valence-electron chi connectivity index (χ0n) is 26.5. The molecule has 3 N–H and O–H groups in total. The Morgan fingerprint density at radius 3 is 1.94 bits per heavy atom. The Morgan fingerprint density at radius 2 is 1.32 bits per heavy atom. The molecular formula is C37H22Cl2F7N3O3S. The fraction of sp³-hybridized carbons (Fsp3) is 0.0541. The van der Waals surface area contributed by atoms with Gasteiger partial charge in [-0.15, -0.1) is 11.8 Å². The lowest BCUT2D eigenvalue weighted by atomic mass is 10.1. The Kier molecular flexibility index (Phi) is 12.2. The monoisotopic (exact) mass is 791 g/mol. The number of anilines is 2. The molecule has 5 aromatic carbocycles. The second kappa shape index (κ2) is 16.6. The molecule has 16 heteroatoms. The van der Waals surface area contributed by atoms with Crippen molar-refractivity contribution >= 4 is 70.1 Å². The van der Waals surface area contributed by atoms with Crippen molar-refractivity contribution in [1.82, 2.24) is 5.32 Å². The average Bonchev–Trinajstić information content (AvgIpc) is 3.13. The maximum Gasteiger partial charge on any atom is 0.422 e. The number of hydrogen-bond acceptors (Lipinski definition) is 4. The summed E-state index contributed by atoms with van der Waals surface area (Å²) in [6.07, 6.45) is -4.46. The smallest absolute Gasteiger partial charge is 0.321 e. The largest absolute Gasteiger partial charge is 0.422 e. The van der Waals surface area contributed by atoms with Crippen molar-refractivity contribution in [3.63, 3.8) is 0 Å². The first-order valence-corrected chi connectivity index (χ1v) is 16.7. The van der Waals surface area contributed by atoms with Gasteiger partial charge in [-0.25, -0.2) is 17.6 Å². The fourth-order valence-corrected chi connectivity index (χ4v) is 6.24. The maximum atomic E-state index is 14.7. The Hall–Kier alpha value is -5.31. The van der Waals surface area contributed by atoms with Crippen molar-refractivity contribution < 1.29 is 45.1 Å². The first-order chi connectivity index (χ1) is 25.1. The van der Waals surface area contributed by atoms with Crippen LogP contribution in [-0.4, -0.2) is 17.7 Å². The third-order valence-electron chi connectivity index (χ3n) is 7.29. The van der Waals surface area contributed by atoms with Crippen molar-refractivity contribution in [3.05, 3.63) is 164 Å². The van der Waals surface area contributed by atoms with E-state index in [1.165, 1.54) is 72.8 Å². The Bertz CT molecular complexity index is 2190. The lowest BCUT2D eigenvalue weighted by molar-refractivity contribution is -0.143. The highest BCUT2D eigenvalue weighted by Crippen LogP contribution is 2.41. The molecule has 0 aliphatic heterocycles. The molecule has 1 unspecified atom stereocenters. The Morgan fingerprint density at radius 1 is 0.717 bits per heavy atom. The predicted molar refractivity (Wildman–Crippen MR) is 188 cm³/mol. The number of hydrogen-bond donors (Lipinski definition) is 3. The Labute approximate surface area is 311 Å². The molecule has 53 heavy (non-hydrogen) atoms. The summed E-state index contributed by atoms with van der Waals surface area (Å²) in [5.41, 5.74) is -3.85. The van der Waals surface area contributed by atoms with E-state index in [0.29, 0.717) is 5.56 Å². The molecule has 0 bridgehead atoms. The molecule has 5 rings (SSSR count). The molecule has 5 aromatic rings. The van der Waals surface area contributed by atoms with Crippen LogP contribution in [0.25, 0.3) is 6.08 Å². The highest BCUT2D eigenvalue weighted by atomic mass is 35.5. The summed E-state index contributed by atoms with van der Waals surface area (Å²) in [6.45, 7) is 0. The van der Waals surface area contributed by atoms with Crippen LogP contribution in [0.1, 0.15) is 32.3 Å². The highest BCUT2D eigenvalue weighted by molar-refractivity contribution is 8.00. The third kappa shape index (κ3) is 9.20. The maximum absolute atomic E-state index is 14.7. The van der Waals surface area contributed by atoms with E-state index >= 15 is 0 Å². The molecule has 0 saturated heterocycles. The van der Waals surface area contributed by atoms with E-state index in [2.05, 4.69) is 10.6 Å².